The van der Waals surface area contributed by atoms with Crippen molar-refractivity contribution in [3.63, 3.8) is 0 Å². The first-order valence-corrected chi connectivity index (χ1v) is 14.0. The molecule has 0 atom stereocenters. The van der Waals surface area contributed by atoms with Gasteiger partial charge in [0.1, 0.15) is 5.75 Å². The minimum atomic E-state index is -1.82. The molecule has 0 aliphatic heterocycles. The van der Waals surface area contributed by atoms with Crippen molar-refractivity contribution in [3.05, 3.63) is 24.3 Å². The summed E-state index contributed by atoms with van der Waals surface area (Å²) in [5, 5.41) is 1.50. The Kier molecular flexibility index (Phi) is 5.90. The molecule has 0 spiro atoms. The predicted octanol–water partition coefficient (Wildman–Crippen LogP) is 5.79. The highest BCUT2D eigenvalue weighted by molar-refractivity contribution is 6.88. The van der Waals surface area contributed by atoms with E-state index in [0.29, 0.717) is 16.6 Å². The molecule has 1 aromatic carbocycles. The summed E-state index contributed by atoms with van der Waals surface area (Å²) in [6.07, 6.45) is 0. The van der Waals surface area contributed by atoms with Crippen LogP contribution in [0.2, 0.25) is 36.3 Å². The third kappa shape index (κ3) is 4.01. The third-order valence-corrected chi connectivity index (χ3v) is 12.8. The highest BCUT2D eigenvalue weighted by Gasteiger charge is 2.46. The smallest absolute Gasteiger partial charge is 0.258 e. The molecule has 1 nitrogen and oxygen atoms in total. The van der Waals surface area contributed by atoms with E-state index in [9.17, 15) is 0 Å². The number of rotatable bonds is 6. The zero-order valence-electron chi connectivity index (χ0n) is 15.4. The molecule has 21 heavy (non-hydrogen) atoms. The Morgan fingerprint density at radius 2 is 1.10 bits per heavy atom. The number of benzene rings is 1. The summed E-state index contributed by atoms with van der Waals surface area (Å²) in [4.78, 5) is 0. The fraction of sp³-hybridized carbons (Fsp3) is 0.667. The van der Waals surface area contributed by atoms with E-state index < -0.39 is 16.4 Å². The second-order valence-electron chi connectivity index (χ2n) is 8.19. The van der Waals surface area contributed by atoms with Crippen molar-refractivity contribution in [2.45, 2.75) is 77.8 Å². The summed E-state index contributed by atoms with van der Waals surface area (Å²) >= 11 is 0. The molecular formula is C18H34OSi2. The highest BCUT2D eigenvalue weighted by Crippen LogP contribution is 2.42. The summed E-state index contributed by atoms with van der Waals surface area (Å²) in [6, 6.07) is 8.95. The van der Waals surface area contributed by atoms with Crippen LogP contribution in [0.3, 0.4) is 0 Å². The van der Waals surface area contributed by atoms with Gasteiger partial charge in [-0.3, -0.25) is 0 Å². The average molecular weight is 323 g/mol. The maximum Gasteiger partial charge on any atom is 0.258 e. The highest BCUT2D eigenvalue weighted by atomic mass is 28.4. The molecule has 0 aliphatic carbocycles. The summed E-state index contributed by atoms with van der Waals surface area (Å²) in [5.74, 6) is 1.07. The van der Waals surface area contributed by atoms with Gasteiger partial charge in [-0.05, 0) is 28.8 Å². The molecule has 1 aromatic rings. The van der Waals surface area contributed by atoms with Crippen molar-refractivity contribution in [2.75, 3.05) is 0 Å². The van der Waals surface area contributed by atoms with Gasteiger partial charge in [0, 0.05) is 0 Å². The zero-order chi connectivity index (χ0) is 16.4. The molecule has 120 valence electrons. The lowest BCUT2D eigenvalue weighted by Crippen LogP contribution is -2.50. The van der Waals surface area contributed by atoms with Crippen LogP contribution in [0.25, 0.3) is 0 Å². The van der Waals surface area contributed by atoms with Crippen LogP contribution in [0.5, 0.6) is 5.75 Å². The first-order chi connectivity index (χ1) is 9.51. The topological polar surface area (TPSA) is 9.23 Å². The summed E-state index contributed by atoms with van der Waals surface area (Å²) in [5.41, 5.74) is 1.86. The van der Waals surface area contributed by atoms with Crippen molar-refractivity contribution >= 4 is 21.6 Å². The Bertz CT molecular complexity index is 420. The molecule has 0 amide bonds. The Morgan fingerprint density at radius 1 is 0.714 bits per heavy atom. The van der Waals surface area contributed by atoms with E-state index in [-0.39, 0.29) is 0 Å². The third-order valence-electron chi connectivity index (χ3n) is 4.72. The van der Waals surface area contributed by atoms with Gasteiger partial charge in [-0.1, -0.05) is 78.5 Å². The van der Waals surface area contributed by atoms with Crippen molar-refractivity contribution in [1.29, 1.82) is 0 Å². The van der Waals surface area contributed by atoms with Crippen molar-refractivity contribution in [3.8, 4) is 5.75 Å². The van der Waals surface area contributed by atoms with Gasteiger partial charge in [0.15, 0.2) is 0 Å². The van der Waals surface area contributed by atoms with Gasteiger partial charge in [-0.25, -0.2) is 0 Å². The first kappa shape index (κ1) is 18.5. The van der Waals surface area contributed by atoms with E-state index in [0.717, 1.165) is 5.75 Å². The summed E-state index contributed by atoms with van der Waals surface area (Å²) in [6.45, 7) is 21.2. The lowest BCUT2D eigenvalue weighted by atomic mass is 10.3. The summed E-state index contributed by atoms with van der Waals surface area (Å²) in [7, 11) is -3.04. The van der Waals surface area contributed by atoms with E-state index in [1.165, 1.54) is 5.19 Å². The Labute approximate surface area is 134 Å². The fourth-order valence-corrected chi connectivity index (χ4v) is 10.00. The maximum atomic E-state index is 6.71. The van der Waals surface area contributed by atoms with E-state index in [4.69, 9.17) is 4.43 Å². The standard InChI is InChI=1S/C18H34OSi2/c1-14(2)21(15(3)4,16(5)6)19-17-10-12-18(13-11-17)20(7,8)9/h10-16H,1-9H3. The van der Waals surface area contributed by atoms with Gasteiger partial charge in [0.05, 0.1) is 8.07 Å². The largest absolute Gasteiger partial charge is 0.543 e. The average Bonchev–Trinajstić information content (AvgIpc) is 2.34. The van der Waals surface area contributed by atoms with Crippen molar-refractivity contribution < 1.29 is 4.43 Å². The molecule has 0 unspecified atom stereocenters. The van der Waals surface area contributed by atoms with Gasteiger partial charge in [-0.2, -0.15) is 0 Å². The molecule has 0 fully saturated rings. The van der Waals surface area contributed by atoms with Crippen molar-refractivity contribution in [1.82, 2.24) is 0 Å². The monoisotopic (exact) mass is 322 g/mol. The van der Waals surface area contributed by atoms with E-state index in [2.05, 4.69) is 85.4 Å². The van der Waals surface area contributed by atoms with Crippen LogP contribution in [-0.2, 0) is 0 Å². The minimum Gasteiger partial charge on any atom is -0.543 e. The quantitative estimate of drug-likeness (QED) is 0.603. The van der Waals surface area contributed by atoms with Gasteiger partial charge in [0.25, 0.3) is 8.32 Å². The molecule has 0 aromatic heterocycles. The molecule has 0 saturated carbocycles. The first-order valence-electron chi connectivity index (χ1n) is 8.31. The molecule has 0 bridgehead atoms. The van der Waals surface area contributed by atoms with E-state index in [1.807, 2.05) is 0 Å². The molecular weight excluding hydrogens is 288 g/mol. The minimum absolute atomic E-state index is 0.620. The van der Waals surface area contributed by atoms with Gasteiger partial charge < -0.3 is 4.43 Å². The lowest BCUT2D eigenvalue weighted by molar-refractivity contribution is 0.480. The van der Waals surface area contributed by atoms with Gasteiger partial charge >= 0.3 is 0 Å². The molecule has 1 rings (SSSR count). The zero-order valence-corrected chi connectivity index (χ0v) is 17.4. The van der Waals surface area contributed by atoms with Crippen LogP contribution < -0.4 is 9.61 Å². The SMILES string of the molecule is CC(C)[Si](Oc1ccc([Si](C)(C)C)cc1)(C(C)C)C(C)C. The lowest BCUT2D eigenvalue weighted by Gasteiger charge is -2.42. The Morgan fingerprint density at radius 3 is 1.38 bits per heavy atom. The van der Waals surface area contributed by atoms with Gasteiger partial charge in [-0.15, -0.1) is 0 Å². The molecule has 3 heteroatoms. The molecule has 0 radical (unpaired) electrons. The number of hydrogen-bond acceptors (Lipinski definition) is 1. The van der Waals surface area contributed by atoms with Crippen LogP contribution in [0.15, 0.2) is 24.3 Å². The predicted molar refractivity (Wildman–Crippen MR) is 101 cm³/mol. The number of hydrogen-bond donors (Lipinski definition) is 0. The second kappa shape index (κ2) is 6.70. The van der Waals surface area contributed by atoms with Crippen molar-refractivity contribution in [2.24, 2.45) is 0 Å². The molecule has 0 aliphatic rings. The van der Waals surface area contributed by atoms with Crippen LogP contribution in [0, 0.1) is 0 Å². The maximum absolute atomic E-state index is 6.71. The molecule has 0 heterocycles. The summed E-state index contributed by atoms with van der Waals surface area (Å²) < 4.78 is 6.71. The van der Waals surface area contributed by atoms with Crippen LogP contribution in [0.4, 0.5) is 0 Å². The second-order valence-corrected chi connectivity index (χ2v) is 18.6. The van der Waals surface area contributed by atoms with E-state index >= 15 is 0 Å². The fourth-order valence-electron chi connectivity index (χ4n) is 3.58. The van der Waals surface area contributed by atoms with E-state index in [1.54, 1.807) is 0 Å². The molecule has 0 saturated heterocycles. The normalized spacial score (nSPS) is 13.3. The van der Waals surface area contributed by atoms with Crippen LogP contribution >= 0.6 is 0 Å². The Balaban J connectivity index is 3.10. The Hall–Kier alpha value is -0.546. The molecule has 0 N–H and O–H groups in total. The van der Waals surface area contributed by atoms with Crippen LogP contribution in [0.1, 0.15) is 41.5 Å². The van der Waals surface area contributed by atoms with Gasteiger partial charge in [0.2, 0.25) is 0 Å². The van der Waals surface area contributed by atoms with Crippen LogP contribution in [-0.4, -0.2) is 16.4 Å².